The Bertz CT molecular complexity index is 1910. The van der Waals surface area contributed by atoms with Gasteiger partial charge in [0.1, 0.15) is 5.03 Å². The predicted molar refractivity (Wildman–Crippen MR) is 193 cm³/mol. The fourth-order valence-corrected chi connectivity index (χ4v) is 7.91. The number of rotatable bonds is 11. The van der Waals surface area contributed by atoms with Gasteiger partial charge in [-0.25, -0.2) is 4.98 Å². The van der Waals surface area contributed by atoms with Gasteiger partial charge in [0.15, 0.2) is 0 Å². The highest BCUT2D eigenvalue weighted by molar-refractivity contribution is 8.01. The van der Waals surface area contributed by atoms with Crippen LogP contribution in [0.1, 0.15) is 69.8 Å². The summed E-state index contributed by atoms with van der Waals surface area (Å²) in [6.45, 7) is 13.2. The van der Waals surface area contributed by atoms with Crippen LogP contribution in [0.5, 0.6) is 0 Å². The molecule has 5 rings (SSSR count). The van der Waals surface area contributed by atoms with Gasteiger partial charge in [0.25, 0.3) is 0 Å². The summed E-state index contributed by atoms with van der Waals surface area (Å²) >= 11 is 3.42. The number of nitrogens with zero attached hydrogens (tertiary/aromatic N) is 3. The van der Waals surface area contributed by atoms with Crippen molar-refractivity contribution in [3.8, 4) is 11.3 Å². The van der Waals surface area contributed by atoms with Gasteiger partial charge in [-0.15, -0.1) is 11.8 Å². The maximum absolute atomic E-state index is 13.4. The molecule has 0 spiro atoms. The summed E-state index contributed by atoms with van der Waals surface area (Å²) in [5.74, 6) is -0.212. The highest BCUT2D eigenvalue weighted by atomic mass is 32.2. The zero-order valence-electron chi connectivity index (χ0n) is 28.9. The molecule has 258 valence electrons. The van der Waals surface area contributed by atoms with Gasteiger partial charge in [-0.05, 0) is 67.3 Å². The van der Waals surface area contributed by atoms with Crippen molar-refractivity contribution in [3.05, 3.63) is 102 Å². The number of carbonyl (C=O) groups is 1. The number of aryl methyl sites for hydroxylation is 1. The zero-order valence-corrected chi connectivity index (χ0v) is 30.6. The lowest BCUT2D eigenvalue weighted by Gasteiger charge is -2.30. The number of halogens is 3. The van der Waals surface area contributed by atoms with Gasteiger partial charge in [-0.3, -0.25) is 9.78 Å². The molecule has 0 fully saturated rings. The Hall–Kier alpha value is -3.76. The Morgan fingerprint density at radius 1 is 0.898 bits per heavy atom. The highest BCUT2D eigenvalue weighted by Crippen LogP contribution is 2.46. The van der Waals surface area contributed by atoms with E-state index in [4.69, 9.17) is 4.74 Å². The molecule has 0 N–H and O–H groups in total. The maximum atomic E-state index is 13.4. The van der Waals surface area contributed by atoms with Gasteiger partial charge >= 0.3 is 12.1 Å². The number of hydrogen-bond donors (Lipinski definition) is 0. The Kier molecular flexibility index (Phi) is 10.9. The Morgan fingerprint density at radius 2 is 1.61 bits per heavy atom. The van der Waals surface area contributed by atoms with Gasteiger partial charge in [0.05, 0.1) is 23.8 Å². The Morgan fingerprint density at radius 3 is 2.16 bits per heavy atom. The lowest BCUT2D eigenvalue weighted by molar-refractivity contribution is -0.153. The number of carbonyl (C=O) groups excluding carboxylic acids is 1. The number of fused-ring (bicyclic) bond motifs is 1. The first-order valence-electron chi connectivity index (χ1n) is 16.3. The minimum Gasteiger partial charge on any atom is -0.469 e. The SMILES string of the molecule is CCC(CC)(Cc1c(SC(C)(C)C)c2cc(Sc3ccc(C)cn3)ccc2n1Cc1ccc(-c2ccc(C(F)(F)F)cn2)cc1)C(=O)OC. The van der Waals surface area contributed by atoms with Crippen molar-refractivity contribution in [2.75, 3.05) is 7.11 Å². The number of aromatic nitrogens is 3. The number of esters is 1. The largest absolute Gasteiger partial charge is 0.469 e. The van der Waals surface area contributed by atoms with Gasteiger partial charge in [-0.1, -0.05) is 76.7 Å². The van der Waals surface area contributed by atoms with Crippen LogP contribution in [0.4, 0.5) is 13.2 Å². The van der Waals surface area contributed by atoms with Gasteiger partial charge < -0.3 is 9.30 Å². The van der Waals surface area contributed by atoms with Crippen LogP contribution in [0.25, 0.3) is 22.2 Å². The third-order valence-electron chi connectivity index (χ3n) is 8.77. The van der Waals surface area contributed by atoms with Crippen molar-refractivity contribution in [2.24, 2.45) is 5.41 Å². The molecule has 0 aliphatic heterocycles. The predicted octanol–water partition coefficient (Wildman–Crippen LogP) is 11.0. The fourth-order valence-electron chi connectivity index (χ4n) is 5.92. The molecule has 0 aliphatic rings. The topological polar surface area (TPSA) is 57.0 Å². The van der Waals surface area contributed by atoms with Crippen LogP contribution in [0.3, 0.4) is 0 Å². The van der Waals surface area contributed by atoms with Crippen LogP contribution in [0, 0.1) is 12.3 Å². The molecule has 0 unspecified atom stereocenters. The summed E-state index contributed by atoms with van der Waals surface area (Å²) in [7, 11) is 1.46. The van der Waals surface area contributed by atoms with E-state index >= 15 is 0 Å². The van der Waals surface area contributed by atoms with Crippen LogP contribution < -0.4 is 0 Å². The van der Waals surface area contributed by atoms with Gasteiger partial charge in [0.2, 0.25) is 0 Å². The normalized spacial score (nSPS) is 12.4. The molecule has 10 heteroatoms. The van der Waals surface area contributed by atoms with Crippen LogP contribution >= 0.6 is 23.5 Å². The lowest BCUT2D eigenvalue weighted by Crippen LogP contribution is -2.34. The Labute approximate surface area is 295 Å². The number of ether oxygens (including phenoxy) is 1. The van der Waals surface area contributed by atoms with E-state index in [0.717, 1.165) is 60.4 Å². The van der Waals surface area contributed by atoms with E-state index in [0.29, 0.717) is 31.5 Å². The van der Waals surface area contributed by atoms with E-state index in [9.17, 15) is 18.0 Å². The first-order chi connectivity index (χ1) is 23.2. The smallest absolute Gasteiger partial charge is 0.417 e. The van der Waals surface area contributed by atoms with E-state index in [1.807, 2.05) is 57.3 Å². The molecular formula is C39H42F3N3O2S2. The van der Waals surface area contributed by atoms with E-state index in [1.165, 1.54) is 13.2 Å². The van der Waals surface area contributed by atoms with Crippen LogP contribution in [0.15, 0.2) is 93.9 Å². The quantitative estimate of drug-likeness (QED) is 0.101. The molecule has 3 heterocycles. The van der Waals surface area contributed by atoms with E-state index < -0.39 is 17.2 Å². The molecule has 5 aromatic rings. The summed E-state index contributed by atoms with van der Waals surface area (Å²) in [5, 5.41) is 2.03. The van der Waals surface area contributed by atoms with Gasteiger partial charge in [-0.2, -0.15) is 13.2 Å². The number of alkyl halides is 3. The van der Waals surface area contributed by atoms with Crippen molar-refractivity contribution < 1.29 is 22.7 Å². The number of pyridine rings is 2. The number of benzene rings is 2. The number of thioether (sulfide) groups is 1. The molecule has 0 atom stereocenters. The molecule has 0 bridgehead atoms. The molecule has 0 amide bonds. The molecular weight excluding hydrogens is 664 g/mol. The summed E-state index contributed by atoms with van der Waals surface area (Å²) in [6, 6.07) is 20.8. The molecule has 0 aliphatic carbocycles. The van der Waals surface area contributed by atoms with Crippen molar-refractivity contribution in [3.63, 3.8) is 0 Å². The average Bonchev–Trinajstić information content (AvgIpc) is 3.33. The van der Waals surface area contributed by atoms with E-state index in [-0.39, 0.29) is 10.7 Å². The van der Waals surface area contributed by atoms with Gasteiger partial charge in [0, 0.05) is 62.1 Å². The minimum atomic E-state index is -4.44. The van der Waals surface area contributed by atoms with Crippen LogP contribution in [-0.2, 0) is 28.7 Å². The second-order valence-corrected chi connectivity index (χ2v) is 16.2. The minimum absolute atomic E-state index is 0.113. The van der Waals surface area contributed by atoms with Crippen LogP contribution in [-0.4, -0.2) is 32.4 Å². The summed E-state index contributed by atoms with van der Waals surface area (Å²) in [6.07, 6.45) is 0.0757. The van der Waals surface area contributed by atoms with Crippen molar-refractivity contribution in [1.82, 2.24) is 14.5 Å². The van der Waals surface area contributed by atoms with Crippen molar-refractivity contribution >= 4 is 40.4 Å². The summed E-state index contributed by atoms with van der Waals surface area (Å²) < 4.78 is 46.9. The number of hydrogen-bond acceptors (Lipinski definition) is 6. The third-order valence-corrected chi connectivity index (χ3v) is 11.0. The van der Waals surface area contributed by atoms with Crippen molar-refractivity contribution in [2.45, 2.75) is 93.1 Å². The summed E-state index contributed by atoms with van der Waals surface area (Å²) in [4.78, 5) is 24.3. The molecule has 0 saturated carbocycles. The maximum Gasteiger partial charge on any atom is 0.417 e. The first-order valence-corrected chi connectivity index (χ1v) is 18.0. The molecule has 49 heavy (non-hydrogen) atoms. The van der Waals surface area contributed by atoms with E-state index in [2.05, 4.69) is 59.6 Å². The molecule has 0 saturated heterocycles. The molecule has 5 nitrogen and oxygen atoms in total. The zero-order chi connectivity index (χ0) is 35.6. The number of methoxy groups -OCH3 is 1. The van der Waals surface area contributed by atoms with Crippen LogP contribution in [0.2, 0.25) is 0 Å². The summed E-state index contributed by atoms with van der Waals surface area (Å²) in [5.41, 5.74) is 3.98. The Balaban J connectivity index is 1.62. The molecule has 0 radical (unpaired) electrons. The second kappa shape index (κ2) is 14.6. The molecule has 2 aromatic carbocycles. The first kappa shape index (κ1) is 36.5. The lowest BCUT2D eigenvalue weighted by atomic mass is 9.78. The highest BCUT2D eigenvalue weighted by Gasteiger charge is 2.39. The second-order valence-electron chi connectivity index (χ2n) is 13.3. The van der Waals surface area contributed by atoms with Crippen molar-refractivity contribution in [1.29, 1.82) is 0 Å². The monoisotopic (exact) mass is 705 g/mol. The average molecular weight is 706 g/mol. The molecule has 3 aromatic heterocycles. The van der Waals surface area contributed by atoms with E-state index in [1.54, 1.807) is 23.5 Å². The third kappa shape index (κ3) is 8.35. The standard InChI is InChI=1S/C39H42F3N3O2S2/c1-8-38(9-2,36(46)47-7)21-33-35(49-37(4,5)6)30-20-29(48-34-19-10-25(3)22-44-34)16-18-32(30)45(33)24-26-11-13-27(14-12-26)31-17-15-28(23-43-31)39(40,41)42/h10-20,22-23H,8-9,21,24H2,1-7H3. The fraction of sp³-hybridized carbons (Fsp3) is 0.359.